The maximum absolute atomic E-state index is 13.6. The van der Waals surface area contributed by atoms with E-state index in [4.69, 9.17) is 10.3 Å². The van der Waals surface area contributed by atoms with Gasteiger partial charge in [-0.05, 0) is 29.8 Å². The molecule has 2 aromatic carbocycles. The van der Waals surface area contributed by atoms with Crippen LogP contribution in [0.5, 0.6) is 0 Å². The van der Waals surface area contributed by atoms with Gasteiger partial charge in [0.15, 0.2) is 11.4 Å². The summed E-state index contributed by atoms with van der Waals surface area (Å²) in [5, 5.41) is 0.544. The van der Waals surface area contributed by atoms with Crippen molar-refractivity contribution in [1.82, 2.24) is 5.43 Å². The monoisotopic (exact) mass is 292 g/mol. The summed E-state index contributed by atoms with van der Waals surface area (Å²) in [5.41, 5.74) is 2.74. The summed E-state index contributed by atoms with van der Waals surface area (Å²) in [6.07, 6.45) is 0. The third-order valence-corrected chi connectivity index (χ3v) is 3.18. The fourth-order valence-corrected chi connectivity index (χ4v) is 2.27. The standard InChI is InChI=1S/C15H11F3N2O/c16-10-4-9(5-11(17)7-10)14(20-19)13-6-8-2-1-3-12(18)15(8)21-13/h1-7,14,20H,19H2. The number of halogens is 3. The molecule has 3 aromatic rings. The zero-order chi connectivity index (χ0) is 15.0. The molecule has 0 aliphatic heterocycles. The smallest absolute Gasteiger partial charge is 0.169 e. The average Bonchev–Trinajstić information content (AvgIpc) is 2.83. The topological polar surface area (TPSA) is 51.2 Å². The van der Waals surface area contributed by atoms with Crippen LogP contribution in [0.4, 0.5) is 13.2 Å². The molecule has 1 unspecified atom stereocenters. The van der Waals surface area contributed by atoms with Gasteiger partial charge in [-0.2, -0.15) is 0 Å². The number of benzene rings is 2. The minimum atomic E-state index is -0.790. The Kier molecular flexibility index (Phi) is 3.40. The Balaban J connectivity index is 2.11. The highest BCUT2D eigenvalue weighted by molar-refractivity contribution is 5.78. The Bertz CT molecular complexity index is 780. The molecule has 3 rings (SSSR count). The minimum Gasteiger partial charge on any atom is -0.456 e. The van der Waals surface area contributed by atoms with Crippen molar-refractivity contribution in [2.45, 2.75) is 6.04 Å². The zero-order valence-corrected chi connectivity index (χ0v) is 10.7. The first kappa shape index (κ1) is 13.7. The van der Waals surface area contributed by atoms with Gasteiger partial charge in [0.1, 0.15) is 23.4 Å². The first-order valence-electron chi connectivity index (χ1n) is 6.18. The molecule has 0 amide bonds. The molecule has 1 aromatic heterocycles. The molecular formula is C15H11F3N2O. The first-order valence-corrected chi connectivity index (χ1v) is 6.18. The fraction of sp³-hybridized carbons (Fsp3) is 0.0667. The van der Waals surface area contributed by atoms with Crippen molar-refractivity contribution in [3.63, 3.8) is 0 Å². The highest BCUT2D eigenvalue weighted by Gasteiger charge is 2.20. The number of hydrazine groups is 1. The summed E-state index contributed by atoms with van der Waals surface area (Å²) in [6, 6.07) is 8.30. The van der Waals surface area contributed by atoms with Crippen molar-refractivity contribution >= 4 is 11.0 Å². The predicted octanol–water partition coefficient (Wildman–Crippen LogP) is 3.40. The van der Waals surface area contributed by atoms with Crippen molar-refractivity contribution < 1.29 is 17.6 Å². The molecule has 108 valence electrons. The molecule has 21 heavy (non-hydrogen) atoms. The van der Waals surface area contributed by atoms with Gasteiger partial charge in [0.2, 0.25) is 0 Å². The first-order chi connectivity index (χ1) is 10.1. The molecule has 0 radical (unpaired) electrons. The van der Waals surface area contributed by atoms with Crippen molar-refractivity contribution in [2.24, 2.45) is 5.84 Å². The molecule has 1 heterocycles. The van der Waals surface area contributed by atoms with Crippen LogP contribution in [-0.2, 0) is 0 Å². The minimum absolute atomic E-state index is 0.0737. The number of hydrogen-bond acceptors (Lipinski definition) is 3. The number of hydrogen-bond donors (Lipinski definition) is 2. The molecule has 0 aliphatic rings. The van der Waals surface area contributed by atoms with Crippen molar-refractivity contribution in [1.29, 1.82) is 0 Å². The lowest BCUT2D eigenvalue weighted by Crippen LogP contribution is -2.28. The molecule has 6 heteroatoms. The molecule has 0 saturated carbocycles. The van der Waals surface area contributed by atoms with Gasteiger partial charge in [0, 0.05) is 11.5 Å². The molecule has 0 aliphatic carbocycles. The second-order valence-corrected chi connectivity index (χ2v) is 4.61. The third-order valence-electron chi connectivity index (χ3n) is 3.18. The van der Waals surface area contributed by atoms with E-state index in [2.05, 4.69) is 5.43 Å². The molecule has 1 atom stereocenters. The van der Waals surface area contributed by atoms with Crippen molar-refractivity contribution in [2.75, 3.05) is 0 Å². The van der Waals surface area contributed by atoms with E-state index in [1.165, 1.54) is 6.07 Å². The van der Waals surface area contributed by atoms with Gasteiger partial charge in [-0.15, -0.1) is 0 Å². The van der Waals surface area contributed by atoms with Crippen LogP contribution in [0.2, 0.25) is 0 Å². The van der Waals surface area contributed by atoms with Crippen LogP contribution < -0.4 is 11.3 Å². The lowest BCUT2D eigenvalue weighted by atomic mass is 10.0. The maximum atomic E-state index is 13.6. The number of furan rings is 1. The number of rotatable bonds is 3. The van der Waals surface area contributed by atoms with Crippen LogP contribution >= 0.6 is 0 Å². The summed E-state index contributed by atoms with van der Waals surface area (Å²) < 4.78 is 45.7. The molecule has 0 spiro atoms. The van der Waals surface area contributed by atoms with E-state index in [9.17, 15) is 13.2 Å². The van der Waals surface area contributed by atoms with Gasteiger partial charge in [-0.1, -0.05) is 12.1 Å². The molecule has 3 nitrogen and oxygen atoms in total. The summed E-state index contributed by atoms with van der Waals surface area (Å²) in [4.78, 5) is 0. The Morgan fingerprint density at radius 3 is 2.33 bits per heavy atom. The van der Waals surface area contributed by atoms with E-state index in [1.807, 2.05) is 0 Å². The van der Waals surface area contributed by atoms with E-state index in [0.717, 1.165) is 18.2 Å². The SMILES string of the molecule is NNC(c1cc(F)cc(F)c1)c1cc2cccc(F)c2o1. The second-order valence-electron chi connectivity index (χ2n) is 4.61. The van der Waals surface area contributed by atoms with Crippen LogP contribution in [0.3, 0.4) is 0 Å². The van der Waals surface area contributed by atoms with Gasteiger partial charge in [0.05, 0.1) is 0 Å². The van der Waals surface area contributed by atoms with Crippen LogP contribution in [-0.4, -0.2) is 0 Å². The lowest BCUT2D eigenvalue weighted by molar-refractivity contribution is 0.461. The maximum Gasteiger partial charge on any atom is 0.169 e. The van der Waals surface area contributed by atoms with Crippen LogP contribution in [0.25, 0.3) is 11.0 Å². The quantitative estimate of drug-likeness (QED) is 0.574. The summed E-state index contributed by atoms with van der Waals surface area (Å²) in [7, 11) is 0. The molecule has 0 saturated heterocycles. The van der Waals surface area contributed by atoms with Crippen LogP contribution in [0.15, 0.2) is 46.9 Å². The molecule has 3 N–H and O–H groups in total. The normalized spacial score (nSPS) is 12.8. The average molecular weight is 292 g/mol. The number of fused-ring (bicyclic) bond motifs is 1. The molecular weight excluding hydrogens is 281 g/mol. The third kappa shape index (κ3) is 2.51. The van der Waals surface area contributed by atoms with E-state index in [1.54, 1.807) is 18.2 Å². The van der Waals surface area contributed by atoms with Crippen molar-refractivity contribution in [3.8, 4) is 0 Å². The van der Waals surface area contributed by atoms with Crippen LogP contribution in [0.1, 0.15) is 17.4 Å². The van der Waals surface area contributed by atoms with Gasteiger partial charge < -0.3 is 4.42 Å². The number of nitrogens with one attached hydrogen (secondary N) is 1. The molecule has 0 bridgehead atoms. The summed E-state index contributed by atoms with van der Waals surface area (Å²) >= 11 is 0. The Morgan fingerprint density at radius 2 is 1.71 bits per heavy atom. The van der Waals surface area contributed by atoms with Crippen molar-refractivity contribution in [3.05, 3.63) is 71.2 Å². The lowest BCUT2D eigenvalue weighted by Gasteiger charge is -2.13. The second kappa shape index (κ2) is 5.23. The highest BCUT2D eigenvalue weighted by atomic mass is 19.1. The predicted molar refractivity (Wildman–Crippen MR) is 71.7 cm³/mol. The Morgan fingerprint density at radius 1 is 1.00 bits per heavy atom. The summed E-state index contributed by atoms with van der Waals surface area (Å²) in [5.74, 6) is 3.74. The largest absolute Gasteiger partial charge is 0.456 e. The number of para-hydroxylation sites is 1. The van der Waals surface area contributed by atoms with E-state index >= 15 is 0 Å². The van der Waals surface area contributed by atoms with Gasteiger partial charge in [-0.25, -0.2) is 18.6 Å². The fourth-order valence-electron chi connectivity index (χ4n) is 2.27. The Hall–Kier alpha value is -2.31. The zero-order valence-electron chi connectivity index (χ0n) is 10.7. The Labute approximate surface area is 118 Å². The number of nitrogens with two attached hydrogens (primary N) is 1. The highest BCUT2D eigenvalue weighted by Crippen LogP contribution is 2.29. The van der Waals surface area contributed by atoms with Gasteiger partial charge in [-0.3, -0.25) is 5.84 Å². The van der Waals surface area contributed by atoms with E-state index in [0.29, 0.717) is 5.39 Å². The van der Waals surface area contributed by atoms with Gasteiger partial charge in [0.25, 0.3) is 0 Å². The summed E-state index contributed by atoms with van der Waals surface area (Å²) in [6.45, 7) is 0. The van der Waals surface area contributed by atoms with Gasteiger partial charge >= 0.3 is 0 Å². The van der Waals surface area contributed by atoms with E-state index < -0.39 is 23.5 Å². The van der Waals surface area contributed by atoms with Crippen LogP contribution in [0, 0.1) is 17.5 Å². The van der Waals surface area contributed by atoms with E-state index in [-0.39, 0.29) is 16.9 Å². The molecule has 0 fully saturated rings.